The van der Waals surface area contributed by atoms with Crippen molar-refractivity contribution in [3.05, 3.63) is 48.0 Å². The highest BCUT2D eigenvalue weighted by atomic mass is 32.2. The molecule has 1 heterocycles. The number of ether oxygens (including phenoxy) is 2. The maximum atomic E-state index is 12.2. The molecule has 0 atom stereocenters. The van der Waals surface area contributed by atoms with Crippen molar-refractivity contribution in [3.63, 3.8) is 0 Å². The molecular weight excluding hydrogens is 376 g/mol. The van der Waals surface area contributed by atoms with Gasteiger partial charge < -0.3 is 14.0 Å². The molecule has 8 heteroatoms. The third kappa shape index (κ3) is 4.45. The number of amides is 1. The summed E-state index contributed by atoms with van der Waals surface area (Å²) in [5.74, 6) is 1.55. The Morgan fingerprint density at radius 3 is 2.50 bits per heavy atom. The molecule has 1 N–H and O–H groups in total. The third-order valence-electron chi connectivity index (χ3n) is 4.24. The first-order valence-corrected chi connectivity index (χ1v) is 9.61. The van der Waals surface area contributed by atoms with Crippen LogP contribution >= 0.6 is 11.8 Å². The Morgan fingerprint density at radius 1 is 1.14 bits per heavy atom. The van der Waals surface area contributed by atoms with Crippen molar-refractivity contribution in [3.8, 4) is 11.5 Å². The fourth-order valence-corrected chi connectivity index (χ4v) is 3.40. The summed E-state index contributed by atoms with van der Waals surface area (Å²) in [5.41, 5.74) is 6.04. The number of aryl methyl sites for hydroxylation is 1. The number of hydrogen-bond acceptors (Lipinski definition) is 6. The molecule has 0 bridgehead atoms. The van der Waals surface area contributed by atoms with Gasteiger partial charge in [-0.1, -0.05) is 11.8 Å². The van der Waals surface area contributed by atoms with Gasteiger partial charge in [0, 0.05) is 13.1 Å². The van der Waals surface area contributed by atoms with E-state index in [-0.39, 0.29) is 11.7 Å². The number of methoxy groups -OCH3 is 2. The minimum atomic E-state index is -0.192. The molecule has 0 spiro atoms. The Morgan fingerprint density at radius 2 is 1.82 bits per heavy atom. The zero-order valence-corrected chi connectivity index (χ0v) is 17.0. The summed E-state index contributed by atoms with van der Waals surface area (Å²) in [7, 11) is 5.17. The lowest BCUT2D eigenvalue weighted by Gasteiger charge is -2.05. The van der Waals surface area contributed by atoms with Crippen LogP contribution in [0, 0.1) is 0 Å². The molecule has 0 aliphatic carbocycles. The summed E-state index contributed by atoms with van der Waals surface area (Å²) in [6, 6.07) is 13.2. The van der Waals surface area contributed by atoms with Crippen molar-refractivity contribution in [2.75, 3.05) is 20.0 Å². The average molecular weight is 398 g/mol. The predicted octanol–water partition coefficient (Wildman–Crippen LogP) is 3.22. The van der Waals surface area contributed by atoms with E-state index < -0.39 is 0 Å². The summed E-state index contributed by atoms with van der Waals surface area (Å²) in [5, 5.41) is 4.93. The van der Waals surface area contributed by atoms with Crippen LogP contribution in [-0.2, 0) is 11.8 Å². The molecule has 0 aliphatic rings. The maximum absolute atomic E-state index is 12.2. The molecule has 28 heavy (non-hydrogen) atoms. The van der Waals surface area contributed by atoms with E-state index in [4.69, 9.17) is 9.47 Å². The summed E-state index contributed by atoms with van der Waals surface area (Å²) in [6.45, 7) is 1.84. The van der Waals surface area contributed by atoms with E-state index in [1.165, 1.54) is 11.8 Å². The zero-order chi connectivity index (χ0) is 20.1. The van der Waals surface area contributed by atoms with Gasteiger partial charge in [-0.05, 0) is 48.9 Å². The fraction of sp³-hybridized carbons (Fsp3) is 0.250. The number of carbonyl (C=O) groups is 1. The van der Waals surface area contributed by atoms with Crippen LogP contribution in [0.25, 0.3) is 11.0 Å². The van der Waals surface area contributed by atoms with E-state index >= 15 is 0 Å². The Bertz CT molecular complexity index is 1010. The molecule has 3 rings (SSSR count). The zero-order valence-electron chi connectivity index (χ0n) is 16.2. The third-order valence-corrected chi connectivity index (χ3v) is 5.27. The standard InChI is InChI=1S/C20H22N4O3S/c1-13(14-5-7-15(26-3)8-6-14)22-23-19(25)12-28-20-21-17-11-16(27-4)9-10-18(17)24(20)2/h5-11H,12H2,1-4H3,(H,23,25)/b22-13+. The number of carbonyl (C=O) groups excluding carboxylic acids is 1. The lowest BCUT2D eigenvalue weighted by atomic mass is 10.1. The van der Waals surface area contributed by atoms with Crippen LogP contribution in [-0.4, -0.2) is 41.1 Å². The number of fused-ring (bicyclic) bond motifs is 1. The number of hydrazone groups is 1. The van der Waals surface area contributed by atoms with Gasteiger partial charge in [0.1, 0.15) is 11.5 Å². The van der Waals surface area contributed by atoms with Gasteiger partial charge in [-0.3, -0.25) is 4.79 Å². The van der Waals surface area contributed by atoms with Gasteiger partial charge in [0.2, 0.25) is 0 Å². The van der Waals surface area contributed by atoms with Crippen molar-refractivity contribution in [1.82, 2.24) is 15.0 Å². The summed E-state index contributed by atoms with van der Waals surface area (Å²) < 4.78 is 12.3. The first kappa shape index (κ1) is 19.8. The monoisotopic (exact) mass is 398 g/mol. The van der Waals surface area contributed by atoms with E-state index in [1.54, 1.807) is 14.2 Å². The number of thioether (sulfide) groups is 1. The minimum absolute atomic E-state index is 0.192. The van der Waals surface area contributed by atoms with Crippen LogP contribution < -0.4 is 14.9 Å². The van der Waals surface area contributed by atoms with E-state index in [1.807, 2.05) is 61.0 Å². The van der Waals surface area contributed by atoms with Crippen LogP contribution in [0.5, 0.6) is 11.5 Å². The van der Waals surface area contributed by atoms with Crippen molar-refractivity contribution in [1.29, 1.82) is 0 Å². The molecule has 0 saturated carbocycles. The normalized spacial score (nSPS) is 11.5. The number of imidazole rings is 1. The van der Waals surface area contributed by atoms with Gasteiger partial charge in [-0.15, -0.1) is 0 Å². The average Bonchev–Trinajstić information content (AvgIpc) is 3.05. The molecule has 0 radical (unpaired) electrons. The van der Waals surface area contributed by atoms with Crippen molar-refractivity contribution in [2.45, 2.75) is 12.1 Å². The van der Waals surface area contributed by atoms with Crippen molar-refractivity contribution < 1.29 is 14.3 Å². The molecule has 1 amide bonds. The summed E-state index contributed by atoms with van der Waals surface area (Å²) in [4.78, 5) is 16.7. The lowest BCUT2D eigenvalue weighted by molar-refractivity contribution is -0.118. The number of rotatable bonds is 7. The number of benzene rings is 2. The first-order chi connectivity index (χ1) is 13.5. The summed E-state index contributed by atoms with van der Waals surface area (Å²) >= 11 is 1.36. The molecular formula is C20H22N4O3S. The molecule has 146 valence electrons. The minimum Gasteiger partial charge on any atom is -0.497 e. The van der Waals surface area contributed by atoms with Gasteiger partial charge in [0.15, 0.2) is 5.16 Å². The molecule has 0 aliphatic heterocycles. The number of nitrogens with one attached hydrogen (secondary N) is 1. The van der Waals surface area contributed by atoms with Gasteiger partial charge in [-0.2, -0.15) is 5.10 Å². The molecule has 0 fully saturated rings. The molecule has 2 aromatic carbocycles. The van der Waals surface area contributed by atoms with Crippen LogP contribution in [0.3, 0.4) is 0 Å². The molecule has 3 aromatic rings. The van der Waals surface area contributed by atoms with Gasteiger partial charge in [0.05, 0.1) is 36.7 Å². The second-order valence-corrected chi connectivity index (χ2v) is 7.00. The second kappa shape index (κ2) is 8.79. The SMILES string of the molecule is COc1ccc(/C(C)=N/NC(=O)CSc2nc3cc(OC)ccc3n2C)cc1. The molecule has 0 saturated heterocycles. The highest BCUT2D eigenvalue weighted by molar-refractivity contribution is 7.99. The van der Waals surface area contributed by atoms with Crippen LogP contribution in [0.15, 0.2) is 52.7 Å². The number of nitrogens with zero attached hydrogens (tertiary/aromatic N) is 3. The van der Waals surface area contributed by atoms with Crippen LogP contribution in [0.4, 0.5) is 0 Å². The molecule has 1 aromatic heterocycles. The fourth-order valence-electron chi connectivity index (χ4n) is 2.62. The topological polar surface area (TPSA) is 77.7 Å². The Kier molecular flexibility index (Phi) is 6.20. The smallest absolute Gasteiger partial charge is 0.250 e. The highest BCUT2D eigenvalue weighted by Crippen LogP contribution is 2.25. The van der Waals surface area contributed by atoms with Crippen LogP contribution in [0.2, 0.25) is 0 Å². The quantitative estimate of drug-likeness (QED) is 0.376. The first-order valence-electron chi connectivity index (χ1n) is 8.62. The van der Waals surface area contributed by atoms with E-state index in [2.05, 4.69) is 15.5 Å². The number of hydrogen-bond donors (Lipinski definition) is 1. The molecule has 0 unspecified atom stereocenters. The second-order valence-electron chi connectivity index (χ2n) is 6.06. The Labute approximate surface area is 167 Å². The largest absolute Gasteiger partial charge is 0.497 e. The van der Waals surface area contributed by atoms with Gasteiger partial charge in [-0.25, -0.2) is 10.4 Å². The van der Waals surface area contributed by atoms with E-state index in [0.29, 0.717) is 0 Å². The highest BCUT2D eigenvalue weighted by Gasteiger charge is 2.11. The van der Waals surface area contributed by atoms with E-state index in [9.17, 15) is 4.79 Å². The van der Waals surface area contributed by atoms with Gasteiger partial charge in [0.25, 0.3) is 5.91 Å². The number of aromatic nitrogens is 2. The van der Waals surface area contributed by atoms with Gasteiger partial charge >= 0.3 is 0 Å². The molecule has 7 nitrogen and oxygen atoms in total. The van der Waals surface area contributed by atoms with E-state index in [0.717, 1.165) is 39.0 Å². The van der Waals surface area contributed by atoms with Crippen molar-refractivity contribution in [2.24, 2.45) is 12.1 Å². The van der Waals surface area contributed by atoms with Crippen molar-refractivity contribution >= 4 is 34.4 Å². The lowest BCUT2D eigenvalue weighted by Crippen LogP contribution is -2.21. The summed E-state index contributed by atoms with van der Waals surface area (Å²) in [6.07, 6.45) is 0. The Balaban J connectivity index is 1.60. The predicted molar refractivity (Wildman–Crippen MR) is 111 cm³/mol. The maximum Gasteiger partial charge on any atom is 0.250 e. The Hall–Kier alpha value is -3.00. The van der Waals surface area contributed by atoms with Crippen LogP contribution in [0.1, 0.15) is 12.5 Å².